The number of nitrogens with two attached hydrogens (primary N) is 1. The molecule has 2 atom stereocenters. The van der Waals surface area contributed by atoms with Crippen molar-refractivity contribution in [3.8, 4) is 0 Å². The van der Waals surface area contributed by atoms with E-state index in [0.717, 1.165) is 36.2 Å². The van der Waals surface area contributed by atoms with Crippen LogP contribution in [0.1, 0.15) is 35.1 Å². The molecule has 1 aromatic heterocycles. The van der Waals surface area contributed by atoms with E-state index in [9.17, 15) is 4.79 Å². The molecule has 6 nitrogen and oxygen atoms in total. The molecule has 6 heteroatoms. The molecule has 3 aromatic rings. The number of nitrogen functional groups attached to an aromatic ring is 1. The van der Waals surface area contributed by atoms with Gasteiger partial charge in [0.25, 0.3) is 5.91 Å². The molecule has 0 aliphatic carbocycles. The molecule has 0 saturated carbocycles. The third kappa shape index (κ3) is 3.28. The molecule has 134 valence electrons. The summed E-state index contributed by atoms with van der Waals surface area (Å²) in [6.45, 7) is 0.911. The number of carbonyl (C=O) groups is 1. The SMILES string of the molecule is CN1CC[C@@H](NC(=O)c2ccc(N)cc2)C[C@@H]1c1nc2ccccc2[nH]1. The zero-order valence-electron chi connectivity index (χ0n) is 14.8. The Balaban J connectivity index is 1.49. The van der Waals surface area contributed by atoms with Gasteiger partial charge in [0, 0.05) is 23.8 Å². The van der Waals surface area contributed by atoms with Crippen LogP contribution in [0.5, 0.6) is 0 Å². The first kappa shape index (κ1) is 16.6. The summed E-state index contributed by atoms with van der Waals surface area (Å²) in [5.41, 5.74) is 9.01. The van der Waals surface area contributed by atoms with Crippen LogP contribution in [0.2, 0.25) is 0 Å². The van der Waals surface area contributed by atoms with E-state index in [1.807, 2.05) is 24.3 Å². The summed E-state index contributed by atoms with van der Waals surface area (Å²) in [6.07, 6.45) is 1.75. The molecule has 4 rings (SSSR count). The lowest BCUT2D eigenvalue weighted by molar-refractivity contribution is 0.0884. The number of likely N-dealkylation sites (tertiary alicyclic amines) is 1. The second-order valence-corrected chi connectivity index (χ2v) is 6.95. The quantitative estimate of drug-likeness (QED) is 0.635. The van der Waals surface area contributed by atoms with E-state index in [0.29, 0.717) is 11.3 Å². The first-order valence-corrected chi connectivity index (χ1v) is 8.91. The van der Waals surface area contributed by atoms with Crippen LogP contribution in [0.3, 0.4) is 0 Å². The first-order chi connectivity index (χ1) is 12.6. The van der Waals surface area contributed by atoms with Crippen molar-refractivity contribution in [3.63, 3.8) is 0 Å². The van der Waals surface area contributed by atoms with Gasteiger partial charge in [-0.15, -0.1) is 0 Å². The van der Waals surface area contributed by atoms with Crippen LogP contribution in [-0.4, -0.2) is 40.4 Å². The maximum atomic E-state index is 12.5. The van der Waals surface area contributed by atoms with E-state index < -0.39 is 0 Å². The Hall–Kier alpha value is -2.86. The number of amides is 1. The second-order valence-electron chi connectivity index (χ2n) is 6.95. The number of fused-ring (bicyclic) bond motifs is 1. The first-order valence-electron chi connectivity index (χ1n) is 8.91. The van der Waals surface area contributed by atoms with Crippen molar-refractivity contribution in [2.24, 2.45) is 0 Å². The maximum Gasteiger partial charge on any atom is 0.251 e. The van der Waals surface area contributed by atoms with Gasteiger partial charge in [0.1, 0.15) is 5.82 Å². The van der Waals surface area contributed by atoms with Crippen LogP contribution in [-0.2, 0) is 0 Å². The minimum Gasteiger partial charge on any atom is -0.399 e. The summed E-state index contributed by atoms with van der Waals surface area (Å²) in [5, 5.41) is 3.16. The number of imidazole rings is 1. The van der Waals surface area contributed by atoms with Gasteiger partial charge in [0.2, 0.25) is 0 Å². The topological polar surface area (TPSA) is 87.0 Å². The predicted octanol–water partition coefficient (Wildman–Crippen LogP) is 2.71. The van der Waals surface area contributed by atoms with Crippen molar-refractivity contribution in [2.75, 3.05) is 19.3 Å². The van der Waals surface area contributed by atoms with Gasteiger partial charge in [0.05, 0.1) is 17.1 Å². The number of aromatic amines is 1. The van der Waals surface area contributed by atoms with Crippen LogP contribution >= 0.6 is 0 Å². The molecule has 0 radical (unpaired) electrons. The average molecular weight is 349 g/mol. The summed E-state index contributed by atoms with van der Waals surface area (Å²) in [4.78, 5) is 23.0. The standard InChI is InChI=1S/C20H23N5O/c1-25-11-10-15(22-20(26)13-6-8-14(21)9-7-13)12-18(25)19-23-16-4-2-3-5-17(16)24-19/h2-9,15,18H,10-12,21H2,1H3,(H,22,26)(H,23,24)/t15-,18-/m1/s1. The van der Waals surface area contributed by atoms with E-state index in [2.05, 4.69) is 22.2 Å². The number of carbonyl (C=O) groups excluding carboxylic acids is 1. The number of rotatable bonds is 3. The molecule has 2 aromatic carbocycles. The van der Waals surface area contributed by atoms with Gasteiger partial charge in [-0.2, -0.15) is 0 Å². The van der Waals surface area contributed by atoms with E-state index in [4.69, 9.17) is 10.7 Å². The normalized spacial score (nSPS) is 21.0. The van der Waals surface area contributed by atoms with E-state index in [-0.39, 0.29) is 18.0 Å². The maximum absolute atomic E-state index is 12.5. The van der Waals surface area contributed by atoms with Gasteiger partial charge >= 0.3 is 0 Å². The van der Waals surface area contributed by atoms with Crippen LogP contribution in [0.25, 0.3) is 11.0 Å². The Bertz CT molecular complexity index is 884. The zero-order valence-corrected chi connectivity index (χ0v) is 14.8. The number of piperidine rings is 1. The number of anilines is 1. The summed E-state index contributed by atoms with van der Waals surface area (Å²) in [5.74, 6) is 0.906. The predicted molar refractivity (Wildman–Crippen MR) is 103 cm³/mol. The van der Waals surface area contributed by atoms with Crippen molar-refractivity contribution in [1.82, 2.24) is 20.2 Å². The molecule has 1 fully saturated rings. The van der Waals surface area contributed by atoms with Crippen LogP contribution in [0.4, 0.5) is 5.69 Å². The number of para-hydroxylation sites is 2. The fraction of sp³-hybridized carbons (Fsp3) is 0.300. The molecule has 4 N–H and O–H groups in total. The number of hydrogen-bond donors (Lipinski definition) is 3. The molecule has 1 amide bonds. The van der Waals surface area contributed by atoms with Gasteiger partial charge in [-0.05, 0) is 56.3 Å². The smallest absolute Gasteiger partial charge is 0.251 e. The average Bonchev–Trinajstić information content (AvgIpc) is 3.07. The highest BCUT2D eigenvalue weighted by Crippen LogP contribution is 2.29. The van der Waals surface area contributed by atoms with Crippen molar-refractivity contribution >= 4 is 22.6 Å². The number of aromatic nitrogens is 2. The summed E-state index contributed by atoms with van der Waals surface area (Å²) in [7, 11) is 2.11. The highest BCUT2D eigenvalue weighted by molar-refractivity contribution is 5.94. The number of nitrogens with one attached hydrogen (secondary N) is 2. The second kappa shape index (κ2) is 6.80. The molecule has 1 aliphatic rings. The van der Waals surface area contributed by atoms with E-state index in [1.54, 1.807) is 24.3 Å². The minimum absolute atomic E-state index is 0.0529. The fourth-order valence-corrected chi connectivity index (χ4v) is 3.57. The summed E-state index contributed by atoms with van der Waals surface area (Å²) in [6, 6.07) is 15.3. The summed E-state index contributed by atoms with van der Waals surface area (Å²) < 4.78 is 0. The molecule has 0 unspecified atom stereocenters. The third-order valence-corrected chi connectivity index (χ3v) is 5.10. The van der Waals surface area contributed by atoms with Crippen molar-refractivity contribution in [3.05, 3.63) is 59.9 Å². The lowest BCUT2D eigenvalue weighted by atomic mass is 9.96. The van der Waals surface area contributed by atoms with Crippen molar-refractivity contribution in [1.29, 1.82) is 0 Å². The molecule has 26 heavy (non-hydrogen) atoms. The number of hydrogen-bond acceptors (Lipinski definition) is 4. The zero-order chi connectivity index (χ0) is 18.1. The Morgan fingerprint density at radius 3 is 2.77 bits per heavy atom. The van der Waals surface area contributed by atoms with E-state index >= 15 is 0 Å². The minimum atomic E-state index is -0.0529. The molecule has 1 aliphatic heterocycles. The van der Waals surface area contributed by atoms with Crippen molar-refractivity contribution < 1.29 is 4.79 Å². The van der Waals surface area contributed by atoms with Crippen LogP contribution in [0, 0.1) is 0 Å². The number of H-pyrrole nitrogens is 1. The van der Waals surface area contributed by atoms with Crippen molar-refractivity contribution in [2.45, 2.75) is 24.9 Å². The third-order valence-electron chi connectivity index (χ3n) is 5.10. The van der Waals surface area contributed by atoms with Crippen LogP contribution < -0.4 is 11.1 Å². The van der Waals surface area contributed by atoms with Gasteiger partial charge in [-0.25, -0.2) is 4.98 Å². The monoisotopic (exact) mass is 349 g/mol. The van der Waals surface area contributed by atoms with E-state index in [1.165, 1.54) is 0 Å². The molecular weight excluding hydrogens is 326 g/mol. The fourth-order valence-electron chi connectivity index (χ4n) is 3.57. The molecule has 0 bridgehead atoms. The lowest BCUT2D eigenvalue weighted by Crippen LogP contribution is -2.45. The molecule has 1 saturated heterocycles. The Morgan fingerprint density at radius 2 is 2.00 bits per heavy atom. The molecule has 2 heterocycles. The summed E-state index contributed by atoms with van der Waals surface area (Å²) >= 11 is 0. The highest BCUT2D eigenvalue weighted by Gasteiger charge is 2.30. The molecular formula is C20H23N5O. The van der Waals surface area contributed by atoms with Gasteiger partial charge in [0.15, 0.2) is 0 Å². The Morgan fingerprint density at radius 1 is 1.23 bits per heavy atom. The van der Waals surface area contributed by atoms with Crippen LogP contribution in [0.15, 0.2) is 48.5 Å². The Kier molecular flexibility index (Phi) is 4.34. The Labute approximate surface area is 152 Å². The number of benzene rings is 2. The highest BCUT2D eigenvalue weighted by atomic mass is 16.1. The van der Waals surface area contributed by atoms with Gasteiger partial charge < -0.3 is 16.0 Å². The molecule has 0 spiro atoms. The largest absolute Gasteiger partial charge is 0.399 e. The van der Waals surface area contributed by atoms with Gasteiger partial charge in [-0.1, -0.05) is 12.1 Å². The lowest BCUT2D eigenvalue weighted by Gasteiger charge is -2.36. The van der Waals surface area contributed by atoms with Gasteiger partial charge in [-0.3, -0.25) is 9.69 Å². The number of nitrogens with zero attached hydrogens (tertiary/aromatic N) is 2.